The van der Waals surface area contributed by atoms with Gasteiger partial charge in [-0.1, -0.05) is 6.07 Å². The molecular formula is C27H30FN3O5. The smallest absolute Gasteiger partial charge is 0.308 e. The number of hydrogen-bond donors (Lipinski definition) is 0. The van der Waals surface area contributed by atoms with E-state index in [1.807, 2.05) is 30.3 Å². The predicted octanol–water partition coefficient (Wildman–Crippen LogP) is 4.12. The largest absolute Gasteiger partial charge is 0.469 e. The van der Waals surface area contributed by atoms with Crippen molar-refractivity contribution in [2.24, 2.45) is 5.92 Å². The molecule has 0 spiro atoms. The third-order valence-corrected chi connectivity index (χ3v) is 7.13. The molecule has 9 heteroatoms. The molecule has 1 amide bonds. The number of halogens is 1. The number of esters is 1. The highest BCUT2D eigenvalue weighted by Crippen LogP contribution is 2.29. The van der Waals surface area contributed by atoms with Gasteiger partial charge in [-0.15, -0.1) is 0 Å². The highest BCUT2D eigenvalue weighted by Gasteiger charge is 2.36. The monoisotopic (exact) mass is 495 g/mol. The number of likely N-dealkylation sites (tertiary alicyclic amines) is 1. The summed E-state index contributed by atoms with van der Waals surface area (Å²) in [5.74, 6) is 0.0959. The van der Waals surface area contributed by atoms with Gasteiger partial charge < -0.3 is 18.8 Å². The highest BCUT2D eigenvalue weighted by molar-refractivity contribution is 5.82. The normalized spacial score (nSPS) is 24.2. The lowest BCUT2D eigenvalue weighted by atomic mass is 9.87. The molecule has 3 aromatic rings. The summed E-state index contributed by atoms with van der Waals surface area (Å²) in [4.78, 5) is 35.1. The molecule has 5 rings (SSSR count). The fraction of sp³-hybridized carbons (Fsp3) is 0.481. The van der Waals surface area contributed by atoms with Crippen LogP contribution >= 0.6 is 0 Å². The van der Waals surface area contributed by atoms with Crippen molar-refractivity contribution in [1.29, 1.82) is 0 Å². The van der Waals surface area contributed by atoms with Crippen LogP contribution in [-0.2, 0) is 25.5 Å². The molecule has 1 saturated carbocycles. The van der Waals surface area contributed by atoms with Crippen molar-refractivity contribution in [2.75, 3.05) is 20.3 Å². The summed E-state index contributed by atoms with van der Waals surface area (Å²) >= 11 is 0. The van der Waals surface area contributed by atoms with Gasteiger partial charge in [0.25, 0.3) is 0 Å². The zero-order chi connectivity index (χ0) is 25.1. The first-order valence-electron chi connectivity index (χ1n) is 12.4. The van der Waals surface area contributed by atoms with Crippen LogP contribution in [0, 0.1) is 5.92 Å². The summed E-state index contributed by atoms with van der Waals surface area (Å²) in [7, 11) is 1.41. The van der Waals surface area contributed by atoms with Crippen molar-refractivity contribution in [1.82, 2.24) is 14.9 Å². The van der Waals surface area contributed by atoms with Crippen LogP contribution in [0.5, 0.6) is 0 Å². The van der Waals surface area contributed by atoms with Gasteiger partial charge >= 0.3 is 5.97 Å². The fourth-order valence-electron chi connectivity index (χ4n) is 5.17. The van der Waals surface area contributed by atoms with Gasteiger partial charge in [-0.3, -0.25) is 14.6 Å². The molecule has 0 bridgehead atoms. The second-order valence-corrected chi connectivity index (χ2v) is 9.60. The van der Waals surface area contributed by atoms with Crippen molar-refractivity contribution in [3.63, 3.8) is 0 Å². The average Bonchev–Trinajstić information content (AvgIpc) is 3.50. The van der Waals surface area contributed by atoms with Crippen LogP contribution in [0.4, 0.5) is 4.39 Å². The number of aromatic nitrogens is 2. The van der Waals surface area contributed by atoms with Crippen molar-refractivity contribution >= 4 is 23.0 Å². The first kappa shape index (κ1) is 24.4. The SMILES string of the molecule is COC(=O)C1CCC(OC[C@@H]2C[C@H](F)CN2C(=O)Cc2ccc3nc(-c4cccnc4)oc3c2)CC1. The molecule has 2 aliphatic rings. The van der Waals surface area contributed by atoms with Crippen LogP contribution in [0.1, 0.15) is 37.7 Å². The van der Waals surface area contributed by atoms with E-state index >= 15 is 0 Å². The molecule has 0 unspecified atom stereocenters. The fourth-order valence-corrected chi connectivity index (χ4v) is 5.17. The number of carbonyl (C=O) groups excluding carboxylic acids is 2. The molecule has 3 heterocycles. The van der Waals surface area contributed by atoms with E-state index in [1.54, 1.807) is 17.3 Å². The molecule has 1 aromatic carbocycles. The first-order valence-corrected chi connectivity index (χ1v) is 12.4. The second kappa shape index (κ2) is 10.7. The standard InChI is InChI=1S/C27H30FN3O5/c1-34-27(33)18-5-7-22(8-6-18)35-16-21-13-20(28)15-31(21)25(32)12-17-4-9-23-24(11-17)36-26(30-23)19-3-2-10-29-14-19/h2-4,9-11,14,18,20-22H,5-8,12-13,15-16H2,1H3/t18?,20-,21-,22?/m0/s1. The second-order valence-electron chi connectivity index (χ2n) is 9.60. The Morgan fingerprint density at radius 3 is 2.78 bits per heavy atom. The number of hydrogen-bond acceptors (Lipinski definition) is 7. The molecule has 1 aliphatic carbocycles. The van der Waals surface area contributed by atoms with Gasteiger partial charge in [-0.25, -0.2) is 9.37 Å². The maximum absolute atomic E-state index is 14.3. The number of ether oxygens (including phenoxy) is 2. The van der Waals surface area contributed by atoms with Gasteiger partial charge in [-0.05, 0) is 55.5 Å². The number of oxazole rings is 1. The molecule has 0 N–H and O–H groups in total. The van der Waals surface area contributed by atoms with Crippen LogP contribution in [-0.4, -0.2) is 65.3 Å². The van der Waals surface area contributed by atoms with E-state index in [2.05, 4.69) is 9.97 Å². The molecule has 2 aromatic heterocycles. The zero-order valence-corrected chi connectivity index (χ0v) is 20.3. The number of nitrogens with zero attached hydrogens (tertiary/aromatic N) is 3. The first-order chi connectivity index (χ1) is 17.5. The Balaban J connectivity index is 1.19. The van der Waals surface area contributed by atoms with E-state index in [9.17, 15) is 14.0 Å². The molecule has 36 heavy (non-hydrogen) atoms. The predicted molar refractivity (Wildman–Crippen MR) is 130 cm³/mol. The topological polar surface area (TPSA) is 94.8 Å². The van der Waals surface area contributed by atoms with Crippen LogP contribution in [0.15, 0.2) is 47.1 Å². The molecule has 8 nitrogen and oxygen atoms in total. The number of pyridine rings is 1. The molecular weight excluding hydrogens is 465 g/mol. The van der Waals surface area contributed by atoms with Gasteiger partial charge in [0.1, 0.15) is 11.7 Å². The minimum absolute atomic E-state index is 0.0180. The Bertz CT molecular complexity index is 1210. The van der Waals surface area contributed by atoms with Crippen LogP contribution in [0.3, 0.4) is 0 Å². The Morgan fingerprint density at radius 1 is 1.19 bits per heavy atom. The van der Waals surface area contributed by atoms with Gasteiger partial charge in [0.05, 0.1) is 50.3 Å². The summed E-state index contributed by atoms with van der Waals surface area (Å²) in [6.45, 7) is 0.382. The number of fused-ring (bicyclic) bond motifs is 1. The molecule has 1 saturated heterocycles. The third kappa shape index (κ3) is 5.41. The maximum atomic E-state index is 14.3. The number of alkyl halides is 1. The molecule has 190 valence electrons. The Kier molecular flexibility index (Phi) is 7.27. The third-order valence-electron chi connectivity index (χ3n) is 7.13. The maximum Gasteiger partial charge on any atom is 0.308 e. The number of rotatable bonds is 7. The van der Waals surface area contributed by atoms with Crippen LogP contribution < -0.4 is 0 Å². The van der Waals surface area contributed by atoms with Crippen molar-refractivity contribution in [3.05, 3.63) is 48.3 Å². The van der Waals surface area contributed by atoms with E-state index in [1.165, 1.54) is 7.11 Å². The number of benzene rings is 1. The average molecular weight is 496 g/mol. The zero-order valence-electron chi connectivity index (χ0n) is 20.3. The van der Waals surface area contributed by atoms with Crippen molar-refractivity contribution < 1.29 is 27.9 Å². The molecule has 2 fully saturated rings. The Labute approximate surface area is 208 Å². The molecule has 2 atom stereocenters. The number of methoxy groups -OCH3 is 1. The van der Waals surface area contributed by atoms with E-state index < -0.39 is 6.17 Å². The lowest BCUT2D eigenvalue weighted by Crippen LogP contribution is -2.40. The minimum atomic E-state index is -1.06. The minimum Gasteiger partial charge on any atom is -0.469 e. The summed E-state index contributed by atoms with van der Waals surface area (Å²) in [5, 5.41) is 0. The van der Waals surface area contributed by atoms with Gasteiger partial charge in [0.2, 0.25) is 11.8 Å². The lowest BCUT2D eigenvalue weighted by Gasteiger charge is -2.30. The summed E-state index contributed by atoms with van der Waals surface area (Å²) < 4.78 is 31.1. The summed E-state index contributed by atoms with van der Waals surface area (Å²) in [5.41, 5.74) is 2.85. The van der Waals surface area contributed by atoms with Crippen LogP contribution in [0.2, 0.25) is 0 Å². The van der Waals surface area contributed by atoms with E-state index in [-0.39, 0.29) is 49.3 Å². The van der Waals surface area contributed by atoms with Crippen molar-refractivity contribution in [2.45, 2.75) is 56.8 Å². The Hall–Kier alpha value is -3.33. The Morgan fingerprint density at radius 2 is 2.03 bits per heavy atom. The lowest BCUT2D eigenvalue weighted by molar-refractivity contribution is -0.148. The molecule has 1 aliphatic heterocycles. The van der Waals surface area contributed by atoms with Gasteiger partial charge in [0, 0.05) is 18.8 Å². The quantitative estimate of drug-likeness (QED) is 0.455. The van der Waals surface area contributed by atoms with E-state index in [0.717, 1.165) is 36.8 Å². The molecule has 0 radical (unpaired) electrons. The van der Waals surface area contributed by atoms with Crippen molar-refractivity contribution in [3.8, 4) is 11.5 Å². The number of carbonyl (C=O) groups is 2. The summed E-state index contributed by atoms with van der Waals surface area (Å²) in [6.07, 6.45) is 5.72. The van der Waals surface area contributed by atoms with Gasteiger partial charge in [0.15, 0.2) is 5.58 Å². The van der Waals surface area contributed by atoms with E-state index in [0.29, 0.717) is 23.6 Å². The number of amides is 1. The van der Waals surface area contributed by atoms with E-state index in [4.69, 9.17) is 13.9 Å². The van der Waals surface area contributed by atoms with Gasteiger partial charge in [-0.2, -0.15) is 0 Å². The highest BCUT2D eigenvalue weighted by atomic mass is 19.1. The van der Waals surface area contributed by atoms with Crippen LogP contribution in [0.25, 0.3) is 22.6 Å². The summed E-state index contributed by atoms with van der Waals surface area (Å²) in [6, 6.07) is 8.88.